The van der Waals surface area contributed by atoms with Crippen LogP contribution in [0.5, 0.6) is 11.5 Å². The van der Waals surface area contributed by atoms with Gasteiger partial charge < -0.3 is 73.6 Å². The molecule has 396 valence electrons. The average Bonchev–Trinajstić information content (AvgIpc) is 3.31. The number of aliphatic hydroxyl groups is 5. The summed E-state index contributed by atoms with van der Waals surface area (Å²) in [6.45, 7) is 14.6. The van der Waals surface area contributed by atoms with Gasteiger partial charge in [-0.25, -0.2) is 9.59 Å². The van der Waals surface area contributed by atoms with Crippen molar-refractivity contribution in [1.82, 2.24) is 0 Å². The standard InChI is InChI=1S/C51H70Cl2O18/c1-11-31-34(37(56)36(53)38(57)35(31)52)48(63)68-42-28(8)66-50(44(64-10)39(42)58)65-22-30-14-12-13-15-32(55)25(5)21-29-18-19-51(9)45(60)43(69-46(61)23(2)3)40(59)49(71-51)70-41(29)26(6)20-24(4)16-17-33(27(7)54)67-47(30)62/h12-14,16,20-21,23,27-29,32-33,39-45,49-50,54-60H,11,15,17-19,22H2,1-10H3/b13-12+,24-16+,25-21+,26-20+,30-14+. The molecule has 5 rings (SSSR count). The van der Waals surface area contributed by atoms with Gasteiger partial charge in [0.25, 0.3) is 0 Å². The van der Waals surface area contributed by atoms with Crippen LogP contribution in [0.3, 0.4) is 0 Å². The van der Waals surface area contributed by atoms with Crippen molar-refractivity contribution in [1.29, 1.82) is 0 Å². The second-order valence-electron chi connectivity index (χ2n) is 19.2. The summed E-state index contributed by atoms with van der Waals surface area (Å²) < 4.78 is 47.6. The van der Waals surface area contributed by atoms with E-state index in [4.69, 9.17) is 61.1 Å². The number of halogens is 2. The molecule has 15 atom stereocenters. The maximum absolute atomic E-state index is 13.9. The summed E-state index contributed by atoms with van der Waals surface area (Å²) in [5.74, 6) is -4.84. The van der Waals surface area contributed by atoms with Crippen LogP contribution in [0, 0.1) is 11.8 Å². The third-order valence-corrected chi connectivity index (χ3v) is 14.2. The van der Waals surface area contributed by atoms with Crippen molar-refractivity contribution in [2.45, 2.75) is 180 Å². The molecule has 0 spiro atoms. The molecule has 1 aromatic carbocycles. The highest BCUT2D eigenvalue weighted by molar-refractivity contribution is 6.39. The summed E-state index contributed by atoms with van der Waals surface area (Å²) in [5.41, 5.74) is 0.362. The van der Waals surface area contributed by atoms with Gasteiger partial charge in [0, 0.05) is 19.4 Å². The molecule has 4 aliphatic heterocycles. The van der Waals surface area contributed by atoms with Gasteiger partial charge in [0.05, 0.1) is 53.1 Å². The number of benzene rings is 1. The number of allylic oxidation sites excluding steroid dienone is 4. The Kier molecular flexibility index (Phi) is 20.3. The smallest absolute Gasteiger partial charge is 0.342 e. The second-order valence-corrected chi connectivity index (χ2v) is 20.0. The third kappa shape index (κ3) is 13.5. The van der Waals surface area contributed by atoms with Gasteiger partial charge in [0.2, 0.25) is 0 Å². The molecule has 0 saturated carbocycles. The molecule has 71 heavy (non-hydrogen) atoms. The van der Waals surface area contributed by atoms with E-state index in [1.807, 2.05) is 26.0 Å². The zero-order chi connectivity index (χ0) is 52.8. The Bertz CT molecular complexity index is 2240. The van der Waals surface area contributed by atoms with Crippen LogP contribution in [0.4, 0.5) is 0 Å². The average molecular weight is 1040 g/mol. The molecule has 0 radical (unpaired) electrons. The van der Waals surface area contributed by atoms with Crippen LogP contribution >= 0.6 is 23.2 Å². The Morgan fingerprint density at radius 1 is 0.930 bits per heavy atom. The van der Waals surface area contributed by atoms with Crippen molar-refractivity contribution < 1.29 is 88.0 Å². The van der Waals surface area contributed by atoms with E-state index in [0.717, 1.165) is 0 Å². The van der Waals surface area contributed by atoms with E-state index in [9.17, 15) is 50.1 Å². The lowest BCUT2D eigenvalue weighted by Gasteiger charge is -2.51. The first-order chi connectivity index (χ1) is 33.3. The largest absolute Gasteiger partial charge is 0.505 e. The van der Waals surface area contributed by atoms with E-state index < -0.39 is 144 Å². The summed E-state index contributed by atoms with van der Waals surface area (Å²) in [5, 5.41) is 76.8. The predicted octanol–water partition coefficient (Wildman–Crippen LogP) is 5.60. The predicted molar refractivity (Wildman–Crippen MR) is 258 cm³/mol. The molecule has 7 N–H and O–H groups in total. The van der Waals surface area contributed by atoms with Crippen molar-refractivity contribution in [3.8, 4) is 11.5 Å². The number of carbonyl (C=O) groups excluding carboxylic acids is 3. The summed E-state index contributed by atoms with van der Waals surface area (Å²) >= 11 is 12.3. The maximum Gasteiger partial charge on any atom is 0.342 e. The van der Waals surface area contributed by atoms with E-state index >= 15 is 0 Å². The Balaban J connectivity index is 1.40. The maximum atomic E-state index is 13.9. The molecular formula is C51H70Cl2O18. The fourth-order valence-electron chi connectivity index (χ4n) is 9.00. The van der Waals surface area contributed by atoms with Gasteiger partial charge in [-0.3, -0.25) is 4.79 Å². The highest BCUT2D eigenvalue weighted by Gasteiger charge is 2.56. The van der Waals surface area contributed by atoms with Gasteiger partial charge in [-0.05, 0) is 90.0 Å². The molecular weight excluding hydrogens is 971 g/mol. The molecule has 15 unspecified atom stereocenters. The fraction of sp³-hybridized carbons (Fsp3) is 0.627. The molecule has 1 aromatic rings. The van der Waals surface area contributed by atoms with Gasteiger partial charge in [-0.15, -0.1) is 0 Å². The van der Waals surface area contributed by atoms with Crippen molar-refractivity contribution in [3.05, 3.63) is 79.9 Å². The Hall–Kier alpha value is -3.89. The Labute approximate surface area is 424 Å². The van der Waals surface area contributed by atoms with E-state index in [2.05, 4.69) is 0 Å². The lowest BCUT2D eigenvalue weighted by atomic mass is 9.79. The molecule has 4 aliphatic rings. The Morgan fingerprint density at radius 3 is 2.25 bits per heavy atom. The van der Waals surface area contributed by atoms with Crippen LogP contribution in [-0.4, -0.2) is 153 Å². The van der Waals surface area contributed by atoms with E-state index in [1.165, 1.54) is 33.1 Å². The zero-order valence-corrected chi connectivity index (χ0v) is 43.3. The topological polar surface area (TPSA) is 267 Å². The van der Waals surface area contributed by atoms with Gasteiger partial charge in [-0.1, -0.05) is 79.9 Å². The number of methoxy groups -OCH3 is 1. The molecule has 0 amide bonds. The second kappa shape index (κ2) is 24.9. The molecule has 3 fully saturated rings. The SMILES string of the molecule is CCc1c(Cl)c(O)c(Cl)c(O)c1C(=O)OC1C(C)OC(OC/C2=C\C=C\CC(O)/C(C)=C/C3CCC4(C)OC(OC3/C(C)=C/C(C)=C/CC(C(C)O)OC2=O)C(O)C(OC(=O)C(C)C)C4O)C(OC)C1O. The first-order valence-corrected chi connectivity index (χ1v) is 24.6. The molecule has 20 heteroatoms. The van der Waals surface area contributed by atoms with Crippen LogP contribution in [0.2, 0.25) is 10.0 Å². The number of esters is 3. The fourth-order valence-corrected chi connectivity index (χ4v) is 9.56. The lowest BCUT2D eigenvalue weighted by Crippen LogP contribution is -2.66. The van der Waals surface area contributed by atoms with Gasteiger partial charge in [0.1, 0.15) is 41.1 Å². The number of hydrogen-bond acceptors (Lipinski definition) is 18. The molecule has 3 saturated heterocycles. The minimum Gasteiger partial charge on any atom is -0.505 e. The van der Waals surface area contributed by atoms with Gasteiger partial charge in [-0.2, -0.15) is 0 Å². The lowest BCUT2D eigenvalue weighted by molar-refractivity contribution is -0.345. The molecule has 0 aromatic heterocycles. The normalized spacial score (nSPS) is 37.3. The highest BCUT2D eigenvalue weighted by Crippen LogP contribution is 2.46. The minimum atomic E-state index is -1.57. The van der Waals surface area contributed by atoms with Crippen LogP contribution in [0.1, 0.15) is 104 Å². The number of aromatic hydroxyl groups is 2. The van der Waals surface area contributed by atoms with Crippen molar-refractivity contribution in [2.75, 3.05) is 13.7 Å². The molecule has 18 nitrogen and oxygen atoms in total. The number of carbonyl (C=O) groups is 3. The number of rotatable bonds is 10. The van der Waals surface area contributed by atoms with Crippen LogP contribution in [-0.2, 0) is 53.9 Å². The molecule has 0 aliphatic carbocycles. The highest BCUT2D eigenvalue weighted by atomic mass is 35.5. The van der Waals surface area contributed by atoms with E-state index in [1.54, 1.807) is 46.8 Å². The minimum absolute atomic E-state index is 0.0367. The zero-order valence-electron chi connectivity index (χ0n) is 41.7. The summed E-state index contributed by atoms with van der Waals surface area (Å²) in [6.07, 6.45) is -5.01. The Morgan fingerprint density at radius 2 is 1.62 bits per heavy atom. The number of cyclic esters (lactones) is 1. The third-order valence-electron chi connectivity index (χ3n) is 13.4. The van der Waals surface area contributed by atoms with Crippen LogP contribution in [0.25, 0.3) is 0 Å². The molecule has 4 heterocycles. The number of ether oxygens (including phenoxy) is 8. The first-order valence-electron chi connectivity index (χ1n) is 23.8. The van der Waals surface area contributed by atoms with Gasteiger partial charge in [0.15, 0.2) is 36.3 Å². The first kappa shape index (κ1) is 58.0. The summed E-state index contributed by atoms with van der Waals surface area (Å²) in [6, 6.07) is 0. The molecule has 2 bridgehead atoms. The number of phenolic OH excluding ortho intramolecular Hbond substituents is 2. The summed E-state index contributed by atoms with van der Waals surface area (Å²) in [7, 11) is 1.26. The number of fused-ring (bicyclic) bond motifs is 3. The van der Waals surface area contributed by atoms with Crippen molar-refractivity contribution in [2.24, 2.45) is 11.8 Å². The monoisotopic (exact) mass is 1040 g/mol. The van der Waals surface area contributed by atoms with Gasteiger partial charge >= 0.3 is 17.9 Å². The van der Waals surface area contributed by atoms with Crippen molar-refractivity contribution >= 4 is 41.1 Å². The summed E-state index contributed by atoms with van der Waals surface area (Å²) in [4.78, 5) is 40.1. The van der Waals surface area contributed by atoms with Crippen molar-refractivity contribution in [3.63, 3.8) is 0 Å². The quantitative estimate of drug-likeness (QED) is 0.0854. The van der Waals surface area contributed by atoms with E-state index in [-0.39, 0.29) is 41.8 Å². The number of aliphatic hydroxyl groups excluding tert-OH is 5. The van der Waals surface area contributed by atoms with Crippen LogP contribution < -0.4 is 0 Å². The number of hydrogen-bond donors (Lipinski definition) is 7. The number of phenols is 2. The van der Waals surface area contributed by atoms with E-state index in [0.29, 0.717) is 23.1 Å². The van der Waals surface area contributed by atoms with Crippen LogP contribution in [0.15, 0.2) is 58.7 Å².